The molecule has 2 aromatic heterocycles. The van der Waals surface area contributed by atoms with E-state index < -0.39 is 59.2 Å². The van der Waals surface area contributed by atoms with Crippen LogP contribution in [0.15, 0.2) is 65.5 Å². The molecule has 3 aliphatic heterocycles. The van der Waals surface area contributed by atoms with E-state index in [2.05, 4.69) is 26.6 Å². The summed E-state index contributed by atoms with van der Waals surface area (Å²) in [6.45, 7) is 2.28. The van der Waals surface area contributed by atoms with Crippen LogP contribution in [-0.2, 0) is 74.0 Å². The van der Waals surface area contributed by atoms with Crippen LogP contribution in [0.4, 0.5) is 4.39 Å². The number of hydrogen-bond acceptors (Lipinski definition) is 14. The van der Waals surface area contributed by atoms with E-state index in [1.165, 1.54) is 30.0 Å². The first kappa shape index (κ1) is 52.9. The van der Waals surface area contributed by atoms with Gasteiger partial charge in [0.1, 0.15) is 18.5 Å². The van der Waals surface area contributed by atoms with Crippen molar-refractivity contribution in [3.63, 3.8) is 0 Å². The topological polar surface area (TPSA) is 264 Å². The largest absolute Gasteiger partial charge is 0.458 e. The number of rotatable bonds is 24. The van der Waals surface area contributed by atoms with Crippen molar-refractivity contribution >= 4 is 81.7 Å². The number of carbonyl (C=O) groups excluding carboxylic acids is 8. The van der Waals surface area contributed by atoms with Crippen molar-refractivity contribution in [2.45, 2.75) is 82.9 Å². The molecule has 5 heterocycles. The lowest BCUT2D eigenvalue weighted by atomic mass is 9.86. The van der Waals surface area contributed by atoms with E-state index in [-0.39, 0.29) is 86.8 Å². The summed E-state index contributed by atoms with van der Waals surface area (Å²) in [6, 6.07) is 12.6. The first-order valence-electron chi connectivity index (χ1n) is 23.5. The van der Waals surface area contributed by atoms with E-state index in [4.69, 9.17) is 9.72 Å². The summed E-state index contributed by atoms with van der Waals surface area (Å²) in [5.41, 5.74) is 2.20. The van der Waals surface area contributed by atoms with Gasteiger partial charge in [-0.15, -0.1) is 11.8 Å². The van der Waals surface area contributed by atoms with Gasteiger partial charge in [-0.25, -0.2) is 14.2 Å². The predicted molar refractivity (Wildman–Crippen MR) is 266 cm³/mol. The normalized spacial score (nSPS) is 15.9. The third kappa shape index (κ3) is 12.6. The van der Waals surface area contributed by atoms with Gasteiger partial charge in [-0.05, 0) is 55.0 Å². The van der Waals surface area contributed by atoms with Crippen molar-refractivity contribution in [1.29, 1.82) is 0 Å². The highest BCUT2D eigenvalue weighted by atomic mass is 32.2. The molecule has 19 nitrogen and oxygen atoms in total. The van der Waals surface area contributed by atoms with Gasteiger partial charge in [0.15, 0.2) is 5.60 Å². The summed E-state index contributed by atoms with van der Waals surface area (Å²) in [4.78, 5) is 119. The second kappa shape index (κ2) is 24.0. The van der Waals surface area contributed by atoms with E-state index in [0.717, 1.165) is 27.0 Å². The van der Waals surface area contributed by atoms with E-state index in [9.17, 15) is 52.6 Å². The minimum atomic E-state index is -1.98. The van der Waals surface area contributed by atoms with Crippen LogP contribution in [0.5, 0.6) is 0 Å². The van der Waals surface area contributed by atoms with E-state index >= 15 is 0 Å². The molecular formula is C50H55FN8O11S2. The molecule has 0 bridgehead atoms. The molecule has 0 spiro atoms. The van der Waals surface area contributed by atoms with E-state index in [1.807, 2.05) is 0 Å². The SMILES string of the molecule is CCC1(O)C(=O)OCc2c1cc1n(c2=O)Cc2c-1nc1cc(F)c(C)cc1c2CSCCSCNC(=O)CNC(=O)[C@H](Cc1ccccc1)NC(=O)CNC(=O)CNC(=O)CCCCCN1C(=O)C=CC1=O. The van der Waals surface area contributed by atoms with Crippen molar-refractivity contribution in [1.82, 2.24) is 41.0 Å². The second-order valence-electron chi connectivity index (χ2n) is 17.4. The maximum atomic E-state index is 14.9. The number of benzene rings is 2. The molecule has 3 aliphatic rings. The Morgan fingerprint density at radius 3 is 2.29 bits per heavy atom. The number of amides is 7. The first-order chi connectivity index (χ1) is 34.6. The molecule has 22 heteroatoms. The Labute approximate surface area is 421 Å². The summed E-state index contributed by atoms with van der Waals surface area (Å²) in [6.07, 6.45) is 4.26. The van der Waals surface area contributed by atoms with Gasteiger partial charge in [0.2, 0.25) is 29.5 Å². The van der Waals surface area contributed by atoms with E-state index in [1.54, 1.807) is 72.6 Å². The molecule has 2 atom stereocenters. The Morgan fingerprint density at radius 1 is 0.847 bits per heavy atom. The van der Waals surface area contributed by atoms with Crippen LogP contribution in [0.3, 0.4) is 0 Å². The highest BCUT2D eigenvalue weighted by Crippen LogP contribution is 2.41. The van der Waals surface area contributed by atoms with E-state index in [0.29, 0.717) is 59.0 Å². The maximum absolute atomic E-state index is 14.9. The highest BCUT2D eigenvalue weighted by molar-refractivity contribution is 8.02. The number of aromatic nitrogens is 2. The van der Waals surface area contributed by atoms with Gasteiger partial charge < -0.3 is 41.0 Å². The number of nitrogens with one attached hydrogen (secondary N) is 5. The zero-order valence-corrected chi connectivity index (χ0v) is 41.4. The molecule has 0 radical (unpaired) electrons. The lowest BCUT2D eigenvalue weighted by Crippen LogP contribution is -2.52. The lowest BCUT2D eigenvalue weighted by Gasteiger charge is -2.31. The molecule has 0 fully saturated rings. The maximum Gasteiger partial charge on any atom is 0.343 e. The van der Waals surface area contributed by atoms with Crippen LogP contribution in [0.25, 0.3) is 22.3 Å². The van der Waals surface area contributed by atoms with Crippen LogP contribution in [0.1, 0.15) is 72.4 Å². The van der Waals surface area contributed by atoms with Crippen molar-refractivity contribution in [3.05, 3.63) is 110 Å². The monoisotopic (exact) mass is 1030 g/mol. The molecule has 0 saturated carbocycles. The molecule has 380 valence electrons. The number of aryl methyl sites for hydroxylation is 1. The van der Waals surface area contributed by atoms with Gasteiger partial charge in [0.05, 0.1) is 54.5 Å². The van der Waals surface area contributed by atoms with Crippen LogP contribution < -0.4 is 32.1 Å². The van der Waals surface area contributed by atoms with Gasteiger partial charge in [-0.2, -0.15) is 11.8 Å². The summed E-state index contributed by atoms with van der Waals surface area (Å²) in [5.74, 6) is -2.69. The summed E-state index contributed by atoms with van der Waals surface area (Å²) in [7, 11) is 0. The molecule has 1 unspecified atom stereocenters. The Kier molecular flexibility index (Phi) is 17.6. The number of nitrogens with zero attached hydrogens (tertiary/aromatic N) is 3. The fourth-order valence-electron chi connectivity index (χ4n) is 8.50. The molecule has 2 aromatic carbocycles. The van der Waals surface area contributed by atoms with Gasteiger partial charge >= 0.3 is 5.97 Å². The molecular weight excluding hydrogens is 972 g/mol. The molecule has 72 heavy (non-hydrogen) atoms. The van der Waals surface area contributed by atoms with Crippen LogP contribution in [-0.4, -0.2) is 116 Å². The van der Waals surface area contributed by atoms with Gasteiger partial charge in [-0.1, -0.05) is 43.7 Å². The van der Waals surface area contributed by atoms with Crippen molar-refractivity contribution < 1.29 is 52.6 Å². The van der Waals surface area contributed by atoms with Crippen LogP contribution >= 0.6 is 23.5 Å². The minimum absolute atomic E-state index is 0.000409. The molecule has 7 amide bonds. The molecule has 0 saturated heterocycles. The number of esters is 1. The smallest absolute Gasteiger partial charge is 0.343 e. The number of halogens is 1. The van der Waals surface area contributed by atoms with Crippen LogP contribution in [0.2, 0.25) is 0 Å². The van der Waals surface area contributed by atoms with Crippen molar-refractivity contribution in [3.8, 4) is 11.4 Å². The van der Waals surface area contributed by atoms with Gasteiger partial charge in [0, 0.05) is 71.4 Å². The minimum Gasteiger partial charge on any atom is -0.458 e. The fraction of sp³-hybridized carbons (Fsp3) is 0.400. The van der Waals surface area contributed by atoms with Crippen molar-refractivity contribution in [2.75, 3.05) is 43.6 Å². The number of pyridine rings is 2. The zero-order chi connectivity index (χ0) is 51.5. The number of unbranched alkanes of at least 4 members (excludes halogenated alkanes) is 2. The molecule has 4 aromatic rings. The van der Waals surface area contributed by atoms with Crippen LogP contribution in [0, 0.1) is 12.7 Å². The zero-order valence-electron chi connectivity index (χ0n) is 39.7. The number of thioether (sulfide) groups is 2. The Morgan fingerprint density at radius 2 is 1.54 bits per heavy atom. The number of cyclic esters (lactones) is 1. The number of imide groups is 1. The van der Waals surface area contributed by atoms with Crippen molar-refractivity contribution in [2.24, 2.45) is 0 Å². The number of ether oxygens (including phenoxy) is 1. The second-order valence-corrected chi connectivity index (χ2v) is 19.6. The Balaban J connectivity index is 0.840. The standard InChI is InChI=1S/C50H55FN8O11S2/c1-3-50(69)35-20-39-46-32(25-59(39)48(67)33(35)26-70-49(50)68)34(31-18-29(2)36(51)21-37(31)57-46)27-71-16-17-72-28-55-42(62)23-54-47(66)38(19-30-10-6-4-7-11-30)56-43(63)24-53-41(61)22-52-40(60)12-8-5-9-15-58-44(64)13-14-45(58)65/h4,6-7,10-11,13-14,18,20-21,38,69H,3,5,8-9,12,15-17,19,22-28H2,1-2H3,(H,52,60)(H,53,61)(H,54,66)(H,55,62)(H,56,63)/t38-,50?/m0/s1. The third-order valence-corrected chi connectivity index (χ3v) is 14.6. The summed E-state index contributed by atoms with van der Waals surface area (Å²) in [5, 5.41) is 24.9. The van der Waals surface area contributed by atoms with Gasteiger partial charge in [-0.3, -0.25) is 43.3 Å². The molecule has 6 N–H and O–H groups in total. The summed E-state index contributed by atoms with van der Waals surface area (Å²) >= 11 is 3.07. The Hall–Kier alpha value is -6.91. The van der Waals surface area contributed by atoms with Gasteiger partial charge in [0.25, 0.3) is 17.4 Å². The molecule has 7 rings (SSSR count). The third-order valence-electron chi connectivity index (χ3n) is 12.5. The lowest BCUT2D eigenvalue weighted by molar-refractivity contribution is -0.172. The quantitative estimate of drug-likeness (QED) is 0.0224. The predicted octanol–water partition coefficient (Wildman–Crippen LogP) is 2.13. The highest BCUT2D eigenvalue weighted by Gasteiger charge is 2.45. The number of aliphatic hydroxyl groups is 1. The number of carbonyl (C=O) groups is 8. The Bertz CT molecular complexity index is 2880. The first-order valence-corrected chi connectivity index (χ1v) is 25.8. The average Bonchev–Trinajstić information content (AvgIpc) is 3.90. The fourth-order valence-corrected chi connectivity index (χ4v) is 10.5. The number of fused-ring (bicyclic) bond motifs is 5. The molecule has 0 aliphatic carbocycles. The average molecular weight is 1030 g/mol. The summed E-state index contributed by atoms with van der Waals surface area (Å²) < 4.78 is 21.7. The number of hydrogen-bond donors (Lipinski definition) is 6.